The number of hydrogen-bond acceptors (Lipinski definition) is 4. The molecule has 1 atom stereocenters. The number of hydrogen-bond donors (Lipinski definition) is 3. The van der Waals surface area contributed by atoms with E-state index in [0.717, 1.165) is 17.1 Å². The van der Waals surface area contributed by atoms with E-state index in [-0.39, 0.29) is 12.1 Å². The third-order valence-electron chi connectivity index (χ3n) is 2.58. The maximum Gasteiger partial charge on any atom is 0.314 e. The minimum Gasteiger partial charge on any atom is -0.393 e. The second-order valence-corrected chi connectivity index (χ2v) is 5.79. The van der Waals surface area contributed by atoms with Crippen LogP contribution in [-0.4, -0.2) is 35.3 Å². The Morgan fingerprint density at radius 2 is 2.05 bits per heavy atom. The lowest BCUT2D eigenvalue weighted by Gasteiger charge is -2.07. The number of rotatable bonds is 7. The predicted octanol–water partition coefficient (Wildman–Crippen LogP) is 1.88. The average molecular weight is 285 g/mol. The van der Waals surface area contributed by atoms with Crippen molar-refractivity contribution in [3.63, 3.8) is 0 Å². The predicted molar refractivity (Wildman–Crippen MR) is 77.6 cm³/mol. The second-order valence-electron chi connectivity index (χ2n) is 4.90. The van der Waals surface area contributed by atoms with Crippen LogP contribution in [0.2, 0.25) is 0 Å². The number of carbonyl (C=O) groups excluding carboxylic acids is 1. The zero-order valence-corrected chi connectivity index (χ0v) is 12.6. The zero-order chi connectivity index (χ0) is 14.3. The third kappa shape index (κ3) is 6.54. The number of amides is 2. The van der Waals surface area contributed by atoms with E-state index in [1.54, 1.807) is 18.3 Å². The van der Waals surface area contributed by atoms with E-state index in [1.165, 1.54) is 0 Å². The molecule has 5 nitrogen and oxygen atoms in total. The van der Waals surface area contributed by atoms with E-state index in [9.17, 15) is 4.79 Å². The molecule has 1 heterocycles. The van der Waals surface area contributed by atoms with Gasteiger partial charge in [-0.2, -0.15) is 0 Å². The topological polar surface area (TPSA) is 74.2 Å². The summed E-state index contributed by atoms with van der Waals surface area (Å²) in [6.07, 6.45) is 0.925. The van der Waals surface area contributed by atoms with Gasteiger partial charge in [-0.25, -0.2) is 9.78 Å². The number of aliphatic hydroxyl groups excluding tert-OH is 1. The Hall–Kier alpha value is -1.14. The van der Waals surface area contributed by atoms with Gasteiger partial charge in [0.25, 0.3) is 0 Å². The molecule has 0 aliphatic rings. The summed E-state index contributed by atoms with van der Waals surface area (Å²) in [4.78, 5) is 15.9. The smallest absolute Gasteiger partial charge is 0.314 e. The standard InChI is InChI=1S/C13H23N3O2S/c1-9(2)12-16-11(8-19-12)5-7-15-13(18)14-6-4-10(3)17/h8-10,17H,4-7H2,1-3H3,(H2,14,15,18). The first kappa shape index (κ1) is 15.9. The van der Waals surface area contributed by atoms with Crippen molar-refractivity contribution < 1.29 is 9.90 Å². The van der Waals surface area contributed by atoms with E-state index in [0.29, 0.717) is 25.4 Å². The lowest BCUT2D eigenvalue weighted by Crippen LogP contribution is -2.37. The van der Waals surface area contributed by atoms with E-state index in [1.807, 2.05) is 5.38 Å². The van der Waals surface area contributed by atoms with Crippen molar-refractivity contribution >= 4 is 17.4 Å². The number of thiazole rings is 1. The summed E-state index contributed by atoms with van der Waals surface area (Å²) in [6, 6.07) is -0.194. The van der Waals surface area contributed by atoms with Crippen LogP contribution < -0.4 is 10.6 Å². The number of nitrogens with zero attached hydrogens (tertiary/aromatic N) is 1. The number of carbonyl (C=O) groups is 1. The summed E-state index contributed by atoms with van der Waals surface area (Å²) < 4.78 is 0. The van der Waals surface area contributed by atoms with Gasteiger partial charge in [-0.15, -0.1) is 11.3 Å². The minimum absolute atomic E-state index is 0.194. The average Bonchev–Trinajstić information content (AvgIpc) is 2.77. The van der Waals surface area contributed by atoms with Crippen LogP contribution in [0.25, 0.3) is 0 Å². The molecule has 0 aromatic carbocycles. The van der Waals surface area contributed by atoms with Gasteiger partial charge in [0.2, 0.25) is 0 Å². The van der Waals surface area contributed by atoms with Crippen molar-refractivity contribution in [2.45, 2.75) is 45.6 Å². The first-order valence-electron chi connectivity index (χ1n) is 6.63. The summed E-state index contributed by atoms with van der Waals surface area (Å²) in [5, 5.41) is 17.7. The molecule has 0 saturated heterocycles. The molecule has 0 saturated carbocycles. The SMILES string of the molecule is CC(O)CCNC(=O)NCCc1csc(C(C)C)n1. The molecule has 3 N–H and O–H groups in total. The third-order valence-corrected chi connectivity index (χ3v) is 3.77. The van der Waals surface area contributed by atoms with Crippen LogP contribution in [0, 0.1) is 0 Å². The maximum absolute atomic E-state index is 11.4. The van der Waals surface area contributed by atoms with Crippen LogP contribution in [0.15, 0.2) is 5.38 Å². The molecule has 0 aliphatic carbocycles. The Bertz CT molecular complexity index is 391. The molecule has 2 amide bonds. The molecule has 1 aromatic rings. The quantitative estimate of drug-likeness (QED) is 0.716. The van der Waals surface area contributed by atoms with Gasteiger partial charge >= 0.3 is 6.03 Å². The summed E-state index contributed by atoms with van der Waals surface area (Å²) in [7, 11) is 0. The van der Waals surface area contributed by atoms with Gasteiger partial charge in [-0.1, -0.05) is 13.8 Å². The number of nitrogens with one attached hydrogen (secondary N) is 2. The van der Waals surface area contributed by atoms with Crippen molar-refractivity contribution in [2.24, 2.45) is 0 Å². The molecular formula is C13H23N3O2S. The van der Waals surface area contributed by atoms with E-state index in [2.05, 4.69) is 29.5 Å². The van der Waals surface area contributed by atoms with Crippen molar-refractivity contribution in [2.75, 3.05) is 13.1 Å². The summed E-state index contributed by atoms with van der Waals surface area (Å²) in [5.41, 5.74) is 1.03. The molecule has 0 fully saturated rings. The van der Waals surface area contributed by atoms with Gasteiger partial charge in [0, 0.05) is 30.8 Å². The first-order valence-corrected chi connectivity index (χ1v) is 7.51. The highest BCUT2D eigenvalue weighted by molar-refractivity contribution is 7.09. The molecule has 6 heteroatoms. The van der Waals surface area contributed by atoms with Gasteiger partial charge in [-0.05, 0) is 13.3 Å². The Kier molecular flexibility index (Phi) is 6.80. The monoisotopic (exact) mass is 285 g/mol. The molecule has 108 valence electrons. The zero-order valence-electron chi connectivity index (χ0n) is 11.8. The summed E-state index contributed by atoms with van der Waals surface area (Å²) in [6.45, 7) is 7.00. The fourth-order valence-electron chi connectivity index (χ4n) is 1.46. The van der Waals surface area contributed by atoms with Crippen LogP contribution in [0.1, 0.15) is 43.8 Å². The highest BCUT2D eigenvalue weighted by atomic mass is 32.1. The van der Waals surface area contributed by atoms with Crippen molar-refractivity contribution in [1.29, 1.82) is 0 Å². The Labute approximate surface area is 118 Å². The van der Waals surface area contributed by atoms with Gasteiger partial charge in [0.1, 0.15) is 0 Å². The van der Waals surface area contributed by atoms with E-state index in [4.69, 9.17) is 5.11 Å². The minimum atomic E-state index is -0.384. The Morgan fingerprint density at radius 3 is 2.63 bits per heavy atom. The molecule has 1 unspecified atom stereocenters. The highest BCUT2D eigenvalue weighted by Gasteiger charge is 2.06. The molecule has 0 bridgehead atoms. The molecule has 0 radical (unpaired) electrons. The lowest BCUT2D eigenvalue weighted by atomic mass is 10.2. The molecule has 1 aromatic heterocycles. The van der Waals surface area contributed by atoms with Crippen molar-refractivity contribution in [3.05, 3.63) is 16.1 Å². The summed E-state index contributed by atoms with van der Waals surface area (Å²) >= 11 is 1.67. The normalized spacial score (nSPS) is 12.5. The van der Waals surface area contributed by atoms with Crippen molar-refractivity contribution in [3.8, 4) is 0 Å². The van der Waals surface area contributed by atoms with Crippen LogP contribution in [0.3, 0.4) is 0 Å². The molecule has 0 aliphatic heterocycles. The summed E-state index contributed by atoms with van der Waals surface area (Å²) in [5.74, 6) is 0.454. The van der Waals surface area contributed by atoms with Crippen molar-refractivity contribution in [1.82, 2.24) is 15.6 Å². The Morgan fingerprint density at radius 1 is 1.37 bits per heavy atom. The second kappa shape index (κ2) is 8.12. The van der Waals surface area contributed by atoms with Gasteiger partial charge in [0.05, 0.1) is 16.8 Å². The van der Waals surface area contributed by atoms with Gasteiger partial charge < -0.3 is 15.7 Å². The lowest BCUT2D eigenvalue weighted by molar-refractivity contribution is 0.183. The number of aromatic nitrogens is 1. The van der Waals surface area contributed by atoms with Crippen LogP contribution in [0.5, 0.6) is 0 Å². The largest absolute Gasteiger partial charge is 0.393 e. The maximum atomic E-state index is 11.4. The first-order chi connectivity index (χ1) is 8.99. The molecule has 19 heavy (non-hydrogen) atoms. The van der Waals surface area contributed by atoms with Gasteiger partial charge in [-0.3, -0.25) is 0 Å². The molecule has 1 rings (SSSR count). The van der Waals surface area contributed by atoms with Crippen LogP contribution >= 0.6 is 11.3 Å². The van der Waals surface area contributed by atoms with Crippen LogP contribution in [0.4, 0.5) is 4.79 Å². The Balaban J connectivity index is 2.17. The van der Waals surface area contributed by atoms with E-state index < -0.39 is 0 Å². The molecular weight excluding hydrogens is 262 g/mol. The van der Waals surface area contributed by atoms with E-state index >= 15 is 0 Å². The number of urea groups is 1. The highest BCUT2D eigenvalue weighted by Crippen LogP contribution is 2.19. The number of aliphatic hydroxyl groups is 1. The van der Waals surface area contributed by atoms with Gasteiger partial charge in [0.15, 0.2) is 0 Å². The van der Waals surface area contributed by atoms with Crippen LogP contribution in [-0.2, 0) is 6.42 Å². The molecule has 0 spiro atoms. The fraction of sp³-hybridized carbons (Fsp3) is 0.692. The fourth-order valence-corrected chi connectivity index (χ4v) is 2.33.